The van der Waals surface area contributed by atoms with Crippen molar-refractivity contribution in [3.63, 3.8) is 0 Å². The van der Waals surface area contributed by atoms with Gasteiger partial charge in [0.05, 0.1) is 11.2 Å². The summed E-state index contributed by atoms with van der Waals surface area (Å²) >= 11 is 5.98. The zero-order chi connectivity index (χ0) is 28.2. The van der Waals surface area contributed by atoms with E-state index in [2.05, 4.69) is 10.1 Å². The third kappa shape index (κ3) is 7.02. The number of nitrogens with one attached hydrogen (secondary N) is 1. The van der Waals surface area contributed by atoms with E-state index in [4.69, 9.17) is 21.1 Å². The second kappa shape index (κ2) is 11.7. The van der Waals surface area contributed by atoms with Crippen LogP contribution in [0.2, 0.25) is 5.02 Å². The van der Waals surface area contributed by atoms with Gasteiger partial charge < -0.3 is 24.1 Å². The van der Waals surface area contributed by atoms with Crippen LogP contribution < -0.4 is 14.8 Å². The van der Waals surface area contributed by atoms with Gasteiger partial charge in [0.2, 0.25) is 0 Å². The molecule has 0 aliphatic rings. The Bertz CT molecular complexity index is 1490. The van der Waals surface area contributed by atoms with Gasteiger partial charge in [0.1, 0.15) is 11.5 Å². The van der Waals surface area contributed by atoms with Gasteiger partial charge in [-0.05, 0) is 54.4 Å². The lowest BCUT2D eigenvalue weighted by atomic mass is 10.1. The summed E-state index contributed by atoms with van der Waals surface area (Å²) in [6.07, 6.45) is -5.83. The molecule has 0 aliphatic carbocycles. The van der Waals surface area contributed by atoms with Crippen LogP contribution in [0.25, 0.3) is 10.9 Å². The number of alkyl carbamates (subject to hydrolysis) is 1. The van der Waals surface area contributed by atoms with Crippen molar-refractivity contribution in [2.75, 3.05) is 7.05 Å². The average molecular weight is 561 g/mol. The molecule has 0 aliphatic heterocycles. The first-order valence-corrected chi connectivity index (χ1v) is 12.2. The van der Waals surface area contributed by atoms with Gasteiger partial charge in [0.15, 0.2) is 18.1 Å². The molecule has 0 saturated heterocycles. The van der Waals surface area contributed by atoms with Crippen molar-refractivity contribution in [2.24, 2.45) is 0 Å². The van der Waals surface area contributed by atoms with Gasteiger partial charge in [-0.2, -0.15) is 0 Å². The molecule has 4 aromatic rings. The van der Waals surface area contributed by atoms with Crippen LogP contribution in [-0.4, -0.2) is 36.5 Å². The van der Waals surface area contributed by atoms with Crippen LogP contribution >= 0.6 is 11.6 Å². The largest absolute Gasteiger partial charge is 0.573 e. The molecule has 0 fully saturated rings. The molecule has 0 radical (unpaired) electrons. The molecule has 7 nitrogen and oxygen atoms in total. The Balaban J connectivity index is 1.71. The summed E-state index contributed by atoms with van der Waals surface area (Å²) in [6, 6.07) is 18.1. The number of amides is 1. The molecule has 0 spiro atoms. The van der Waals surface area contributed by atoms with Gasteiger partial charge in [-0.1, -0.05) is 35.9 Å². The summed E-state index contributed by atoms with van der Waals surface area (Å²) in [4.78, 5) is 22.9. The van der Waals surface area contributed by atoms with Gasteiger partial charge in [0, 0.05) is 36.5 Å². The smallest absolute Gasteiger partial charge is 0.455 e. The highest BCUT2D eigenvalue weighted by Crippen LogP contribution is 2.39. The Morgan fingerprint density at radius 3 is 2.41 bits per heavy atom. The number of alkyl halides is 3. The number of aromatic nitrogens is 1. The Morgan fingerprint density at radius 2 is 1.74 bits per heavy atom. The monoisotopic (exact) mass is 560 g/mol. The number of rotatable bonds is 9. The lowest BCUT2D eigenvalue weighted by Crippen LogP contribution is -2.28. The van der Waals surface area contributed by atoms with E-state index < -0.39 is 18.6 Å². The molecule has 1 amide bonds. The summed E-state index contributed by atoms with van der Waals surface area (Å²) in [5.41, 5.74) is 2.68. The van der Waals surface area contributed by atoms with Gasteiger partial charge >= 0.3 is 12.5 Å². The number of carbonyl (C=O) groups excluding carboxylic acids is 2. The number of hydrogen-bond acceptors (Lipinski definition) is 5. The number of aldehydes is 1. The van der Waals surface area contributed by atoms with Gasteiger partial charge in [0.25, 0.3) is 0 Å². The van der Waals surface area contributed by atoms with Crippen LogP contribution in [0.3, 0.4) is 0 Å². The van der Waals surface area contributed by atoms with Crippen LogP contribution in [0, 0.1) is 6.92 Å². The fourth-order valence-corrected chi connectivity index (χ4v) is 4.28. The average Bonchev–Trinajstić information content (AvgIpc) is 3.14. The van der Waals surface area contributed by atoms with Gasteiger partial charge in [-0.25, -0.2) is 4.79 Å². The van der Waals surface area contributed by atoms with E-state index in [0.717, 1.165) is 11.1 Å². The number of ether oxygens (including phenoxy) is 3. The minimum atomic E-state index is -4.84. The minimum Gasteiger partial charge on any atom is -0.455 e. The number of carbonyl (C=O) groups is 2. The summed E-state index contributed by atoms with van der Waals surface area (Å²) in [5, 5.41) is 3.43. The highest BCUT2D eigenvalue weighted by molar-refractivity contribution is 6.30. The van der Waals surface area contributed by atoms with Crippen LogP contribution in [0.4, 0.5) is 18.0 Å². The lowest BCUT2D eigenvalue weighted by Gasteiger charge is -2.14. The molecule has 0 saturated carbocycles. The van der Waals surface area contributed by atoms with E-state index in [1.165, 1.54) is 25.2 Å². The van der Waals surface area contributed by atoms with Crippen molar-refractivity contribution >= 4 is 34.9 Å². The van der Waals surface area contributed by atoms with Crippen molar-refractivity contribution in [2.45, 2.75) is 32.4 Å². The van der Waals surface area contributed by atoms with Crippen LogP contribution in [0.1, 0.15) is 16.8 Å². The highest BCUT2D eigenvalue weighted by Gasteiger charge is 2.31. The standard InChI is InChI=1S/C28H24ClF3N2O5/c1-17-26(37-21-8-6-20(29)7-9-21)24-11-10-22(39-28(30,31)32)14-25(24)34(17)15-19-5-3-4-18(12-19)13-23(16-35)38-27(36)33-2/h3-12,14,16,23H,13,15H2,1-2H3,(H,33,36). The van der Waals surface area contributed by atoms with Crippen LogP contribution in [-0.2, 0) is 22.5 Å². The molecule has 11 heteroatoms. The van der Waals surface area contributed by atoms with Crippen molar-refractivity contribution in [1.82, 2.24) is 9.88 Å². The van der Waals surface area contributed by atoms with E-state index in [0.29, 0.717) is 39.4 Å². The summed E-state index contributed by atoms with van der Waals surface area (Å²) in [6.45, 7) is 2.08. The number of halogens is 4. The SMILES string of the molecule is CNC(=O)OC(C=O)Cc1cccc(Cn2c(C)c(Oc3ccc(Cl)cc3)c3ccc(OC(F)(F)F)cc32)c1. The second-order valence-corrected chi connectivity index (χ2v) is 9.07. The zero-order valence-corrected chi connectivity index (χ0v) is 21.7. The lowest BCUT2D eigenvalue weighted by molar-refractivity contribution is -0.274. The third-order valence-corrected chi connectivity index (χ3v) is 6.14. The van der Waals surface area contributed by atoms with E-state index in [1.54, 1.807) is 43.3 Å². The first-order valence-electron chi connectivity index (χ1n) is 11.8. The summed E-state index contributed by atoms with van der Waals surface area (Å²) in [7, 11) is 1.39. The Hall–Kier alpha value is -4.18. The Kier molecular flexibility index (Phi) is 8.35. The molecule has 1 aromatic heterocycles. The number of fused-ring (bicyclic) bond motifs is 1. The number of nitrogens with zero attached hydrogens (tertiary/aromatic N) is 1. The maximum atomic E-state index is 12.9. The molecular weight excluding hydrogens is 537 g/mol. The molecule has 3 aromatic carbocycles. The molecule has 1 atom stereocenters. The van der Waals surface area contributed by atoms with Crippen molar-refractivity contribution in [3.8, 4) is 17.2 Å². The molecule has 1 unspecified atom stereocenters. The highest BCUT2D eigenvalue weighted by atomic mass is 35.5. The third-order valence-electron chi connectivity index (χ3n) is 5.89. The second-order valence-electron chi connectivity index (χ2n) is 8.64. The topological polar surface area (TPSA) is 78.8 Å². The minimum absolute atomic E-state index is 0.157. The van der Waals surface area contributed by atoms with Crippen LogP contribution in [0.5, 0.6) is 17.2 Å². The van der Waals surface area contributed by atoms with Crippen LogP contribution in [0.15, 0.2) is 66.7 Å². The number of hydrogen-bond donors (Lipinski definition) is 1. The molecule has 39 heavy (non-hydrogen) atoms. The summed E-state index contributed by atoms with van der Waals surface area (Å²) < 4.78 is 56.0. The maximum absolute atomic E-state index is 12.9. The quantitative estimate of drug-likeness (QED) is 0.228. The molecule has 1 N–H and O–H groups in total. The summed E-state index contributed by atoms with van der Waals surface area (Å²) in [5.74, 6) is 0.623. The van der Waals surface area contributed by atoms with E-state index >= 15 is 0 Å². The van der Waals surface area contributed by atoms with E-state index in [-0.39, 0.29) is 18.7 Å². The molecular formula is C28H24ClF3N2O5. The van der Waals surface area contributed by atoms with Crippen molar-refractivity contribution in [1.29, 1.82) is 0 Å². The van der Waals surface area contributed by atoms with E-state index in [1.807, 2.05) is 16.7 Å². The molecule has 204 valence electrons. The maximum Gasteiger partial charge on any atom is 0.573 e. The van der Waals surface area contributed by atoms with Crippen molar-refractivity contribution < 1.29 is 37.0 Å². The fourth-order valence-electron chi connectivity index (χ4n) is 4.16. The van der Waals surface area contributed by atoms with E-state index in [9.17, 15) is 22.8 Å². The zero-order valence-electron chi connectivity index (χ0n) is 20.9. The van der Waals surface area contributed by atoms with Crippen molar-refractivity contribution in [3.05, 3.63) is 88.6 Å². The predicted molar refractivity (Wildman–Crippen MR) is 140 cm³/mol. The Labute approximate surface area is 227 Å². The van der Waals surface area contributed by atoms with Gasteiger partial charge in [-0.15, -0.1) is 13.2 Å². The first-order chi connectivity index (χ1) is 18.6. The fraction of sp³-hybridized carbons (Fsp3) is 0.214. The van der Waals surface area contributed by atoms with Gasteiger partial charge in [-0.3, -0.25) is 4.79 Å². The first kappa shape index (κ1) is 27.8. The Morgan fingerprint density at radius 1 is 1.05 bits per heavy atom. The predicted octanol–water partition coefficient (Wildman–Crippen LogP) is 6.81. The molecule has 0 bridgehead atoms. The molecule has 1 heterocycles. The normalized spacial score (nSPS) is 12.2. The molecule has 4 rings (SSSR count). The number of benzene rings is 3.